The van der Waals surface area contributed by atoms with Gasteiger partial charge in [-0.3, -0.25) is 25.2 Å². The molecule has 2 N–H and O–H groups in total. The summed E-state index contributed by atoms with van der Waals surface area (Å²) in [5.41, 5.74) is 4.70. The molecule has 154 valence electrons. The van der Waals surface area contributed by atoms with Gasteiger partial charge in [0.15, 0.2) is 6.61 Å². The van der Waals surface area contributed by atoms with Crippen molar-refractivity contribution >= 4 is 28.5 Å². The Labute approximate surface area is 172 Å². The number of hydrogen-bond donors (Lipinski definition) is 2. The monoisotopic (exact) mass is 407 g/mol. The SMILES string of the molecule is O=C(COc1ccc2ccccc2c1)NNC(=O)C1CC(=O)N(Cc2ccco2)C1. The van der Waals surface area contributed by atoms with Gasteiger partial charge in [0.2, 0.25) is 11.8 Å². The fraction of sp³-hybridized carbons (Fsp3) is 0.227. The Kier molecular flexibility index (Phi) is 5.65. The maximum atomic E-state index is 12.3. The lowest BCUT2D eigenvalue weighted by atomic mass is 10.1. The molecule has 8 heteroatoms. The van der Waals surface area contributed by atoms with E-state index in [0.717, 1.165) is 10.8 Å². The minimum Gasteiger partial charge on any atom is -0.484 e. The average molecular weight is 407 g/mol. The second kappa shape index (κ2) is 8.69. The molecule has 0 spiro atoms. The highest BCUT2D eigenvalue weighted by molar-refractivity contribution is 5.90. The van der Waals surface area contributed by atoms with E-state index in [-0.39, 0.29) is 25.5 Å². The van der Waals surface area contributed by atoms with Crippen molar-refractivity contribution in [1.29, 1.82) is 0 Å². The number of nitrogens with one attached hydrogen (secondary N) is 2. The standard InChI is InChI=1S/C22H21N3O5/c26-20(14-30-18-8-7-15-4-1-2-5-16(15)10-18)23-24-22(28)17-11-21(27)25(12-17)13-19-6-3-9-29-19/h1-10,17H,11-14H2,(H,23,26)(H,24,28). The third-order valence-corrected chi connectivity index (χ3v) is 4.93. The Balaban J connectivity index is 1.22. The first-order valence-corrected chi connectivity index (χ1v) is 9.59. The van der Waals surface area contributed by atoms with E-state index in [4.69, 9.17) is 9.15 Å². The zero-order valence-electron chi connectivity index (χ0n) is 16.2. The second-order valence-corrected chi connectivity index (χ2v) is 7.09. The highest BCUT2D eigenvalue weighted by atomic mass is 16.5. The van der Waals surface area contributed by atoms with Crippen LogP contribution in [0.3, 0.4) is 0 Å². The van der Waals surface area contributed by atoms with E-state index in [0.29, 0.717) is 18.1 Å². The van der Waals surface area contributed by atoms with Gasteiger partial charge in [-0.05, 0) is 35.0 Å². The predicted molar refractivity (Wildman–Crippen MR) is 108 cm³/mol. The molecule has 1 saturated heterocycles. The Morgan fingerprint density at radius 1 is 1.07 bits per heavy atom. The number of carbonyl (C=O) groups excluding carboxylic acids is 3. The van der Waals surface area contributed by atoms with E-state index >= 15 is 0 Å². The van der Waals surface area contributed by atoms with Crippen LogP contribution in [0.15, 0.2) is 65.3 Å². The topological polar surface area (TPSA) is 101 Å². The first kappa shape index (κ1) is 19.5. The quantitative estimate of drug-likeness (QED) is 0.609. The summed E-state index contributed by atoms with van der Waals surface area (Å²) in [6, 6.07) is 16.9. The first-order chi connectivity index (χ1) is 14.6. The largest absolute Gasteiger partial charge is 0.484 e. The summed E-state index contributed by atoms with van der Waals surface area (Å²) < 4.78 is 10.7. The number of benzene rings is 2. The summed E-state index contributed by atoms with van der Waals surface area (Å²) >= 11 is 0. The first-order valence-electron chi connectivity index (χ1n) is 9.59. The lowest BCUT2D eigenvalue weighted by Gasteiger charge is -2.15. The van der Waals surface area contributed by atoms with Gasteiger partial charge in [0.25, 0.3) is 5.91 Å². The van der Waals surface area contributed by atoms with Crippen LogP contribution in [0.4, 0.5) is 0 Å². The smallest absolute Gasteiger partial charge is 0.276 e. The number of amides is 3. The molecule has 8 nitrogen and oxygen atoms in total. The van der Waals surface area contributed by atoms with Gasteiger partial charge >= 0.3 is 0 Å². The fourth-order valence-electron chi connectivity index (χ4n) is 3.37. The number of hydrazine groups is 1. The molecule has 1 aliphatic heterocycles. The maximum absolute atomic E-state index is 12.3. The van der Waals surface area contributed by atoms with Crippen molar-refractivity contribution in [3.05, 3.63) is 66.6 Å². The van der Waals surface area contributed by atoms with Crippen LogP contribution in [0.25, 0.3) is 10.8 Å². The molecule has 1 aliphatic rings. The van der Waals surface area contributed by atoms with E-state index in [9.17, 15) is 14.4 Å². The van der Waals surface area contributed by atoms with Gasteiger partial charge in [0, 0.05) is 13.0 Å². The van der Waals surface area contributed by atoms with Crippen LogP contribution in [-0.4, -0.2) is 35.8 Å². The molecule has 0 aliphatic carbocycles. The summed E-state index contributed by atoms with van der Waals surface area (Å²) in [6.45, 7) is 0.350. The molecule has 1 atom stereocenters. The number of carbonyl (C=O) groups is 3. The molecule has 0 radical (unpaired) electrons. The van der Waals surface area contributed by atoms with Gasteiger partial charge in [-0.1, -0.05) is 30.3 Å². The summed E-state index contributed by atoms with van der Waals surface area (Å²) in [5.74, 6) is -0.349. The van der Waals surface area contributed by atoms with Crippen LogP contribution in [0, 0.1) is 5.92 Å². The molecule has 3 aromatic rings. The van der Waals surface area contributed by atoms with Gasteiger partial charge in [0.1, 0.15) is 11.5 Å². The van der Waals surface area contributed by atoms with Crippen molar-refractivity contribution in [3.63, 3.8) is 0 Å². The Morgan fingerprint density at radius 3 is 2.70 bits per heavy atom. The number of fused-ring (bicyclic) bond motifs is 1. The lowest BCUT2D eigenvalue weighted by Crippen LogP contribution is -2.46. The molecule has 3 amide bonds. The van der Waals surface area contributed by atoms with Crippen LogP contribution in [0.1, 0.15) is 12.2 Å². The molecule has 30 heavy (non-hydrogen) atoms. The van der Waals surface area contributed by atoms with E-state index in [1.165, 1.54) is 6.26 Å². The van der Waals surface area contributed by atoms with Crippen molar-refractivity contribution in [1.82, 2.24) is 15.8 Å². The lowest BCUT2D eigenvalue weighted by molar-refractivity contribution is -0.132. The third kappa shape index (κ3) is 4.60. The molecule has 1 aromatic heterocycles. The van der Waals surface area contributed by atoms with Gasteiger partial charge in [-0.25, -0.2) is 0 Å². The average Bonchev–Trinajstić information content (AvgIpc) is 3.40. The summed E-state index contributed by atoms with van der Waals surface area (Å²) in [5, 5.41) is 2.09. The van der Waals surface area contributed by atoms with Crippen LogP contribution < -0.4 is 15.6 Å². The van der Waals surface area contributed by atoms with Crippen LogP contribution in [0.5, 0.6) is 5.75 Å². The molecule has 2 heterocycles. The zero-order valence-corrected chi connectivity index (χ0v) is 16.2. The zero-order chi connectivity index (χ0) is 20.9. The van der Waals surface area contributed by atoms with E-state index in [1.54, 1.807) is 23.1 Å². The maximum Gasteiger partial charge on any atom is 0.276 e. The summed E-state index contributed by atoms with van der Waals surface area (Å²) in [7, 11) is 0. The molecular formula is C22H21N3O5. The number of ether oxygens (including phenoxy) is 1. The van der Waals surface area contributed by atoms with Crippen molar-refractivity contribution in [2.45, 2.75) is 13.0 Å². The van der Waals surface area contributed by atoms with E-state index in [1.807, 2.05) is 36.4 Å². The predicted octanol–water partition coefficient (Wildman–Crippen LogP) is 2.01. The van der Waals surface area contributed by atoms with Crippen molar-refractivity contribution in [3.8, 4) is 5.75 Å². The number of rotatable bonds is 6. The minimum absolute atomic E-state index is 0.0933. The molecule has 1 unspecified atom stereocenters. The molecule has 0 bridgehead atoms. The number of nitrogens with zero attached hydrogens (tertiary/aromatic N) is 1. The Hall–Kier alpha value is -3.81. The Bertz CT molecular complexity index is 1060. The molecular weight excluding hydrogens is 386 g/mol. The Morgan fingerprint density at radius 2 is 1.90 bits per heavy atom. The summed E-state index contributed by atoms with van der Waals surface area (Å²) in [6.07, 6.45) is 1.63. The molecule has 4 rings (SSSR count). The normalized spacial score (nSPS) is 15.9. The minimum atomic E-state index is -0.533. The molecule has 1 fully saturated rings. The van der Waals surface area contributed by atoms with Crippen LogP contribution in [-0.2, 0) is 20.9 Å². The van der Waals surface area contributed by atoms with Crippen LogP contribution in [0.2, 0.25) is 0 Å². The van der Waals surface area contributed by atoms with Crippen molar-refractivity contribution in [2.75, 3.05) is 13.2 Å². The highest BCUT2D eigenvalue weighted by Crippen LogP contribution is 2.21. The number of likely N-dealkylation sites (tertiary alicyclic amines) is 1. The number of furan rings is 1. The van der Waals surface area contributed by atoms with Crippen LogP contribution >= 0.6 is 0 Å². The van der Waals surface area contributed by atoms with Gasteiger partial charge in [0.05, 0.1) is 18.7 Å². The highest BCUT2D eigenvalue weighted by Gasteiger charge is 2.34. The third-order valence-electron chi connectivity index (χ3n) is 4.93. The molecule has 2 aromatic carbocycles. The fourth-order valence-corrected chi connectivity index (χ4v) is 3.37. The molecule has 0 saturated carbocycles. The van der Waals surface area contributed by atoms with Gasteiger partial charge in [-0.2, -0.15) is 0 Å². The van der Waals surface area contributed by atoms with E-state index < -0.39 is 17.7 Å². The van der Waals surface area contributed by atoms with Gasteiger partial charge < -0.3 is 14.1 Å². The van der Waals surface area contributed by atoms with Gasteiger partial charge in [-0.15, -0.1) is 0 Å². The van der Waals surface area contributed by atoms with Crippen molar-refractivity contribution in [2.24, 2.45) is 5.92 Å². The van der Waals surface area contributed by atoms with E-state index in [2.05, 4.69) is 10.9 Å². The number of hydrogen-bond acceptors (Lipinski definition) is 5. The second-order valence-electron chi connectivity index (χ2n) is 7.09. The summed E-state index contributed by atoms with van der Waals surface area (Å²) in [4.78, 5) is 38.0. The van der Waals surface area contributed by atoms with Crippen molar-refractivity contribution < 1.29 is 23.5 Å².